The lowest BCUT2D eigenvalue weighted by molar-refractivity contribution is 0.0492. The van der Waals surface area contributed by atoms with Crippen LogP contribution < -0.4 is 14.2 Å². The van der Waals surface area contributed by atoms with Crippen molar-refractivity contribution in [1.82, 2.24) is 30.1 Å². The molecule has 1 N–H and O–H groups in total. The first-order valence-corrected chi connectivity index (χ1v) is 10.7. The van der Waals surface area contributed by atoms with Gasteiger partial charge in [0.05, 0.1) is 39.3 Å². The summed E-state index contributed by atoms with van der Waals surface area (Å²) in [6.45, 7) is 1.10. The molecule has 10 heteroatoms. The molecule has 0 bridgehead atoms. The number of benzene rings is 2. The zero-order valence-corrected chi connectivity index (χ0v) is 19.1. The Bertz CT molecular complexity index is 1290. The van der Waals surface area contributed by atoms with E-state index in [9.17, 15) is 4.79 Å². The largest absolute Gasteiger partial charge is 0.493 e. The predicted octanol–water partition coefficient (Wildman–Crippen LogP) is 3.06. The van der Waals surface area contributed by atoms with Gasteiger partial charge in [-0.1, -0.05) is 35.5 Å². The number of rotatable bonds is 7. The Kier molecular flexibility index (Phi) is 5.62. The fourth-order valence-corrected chi connectivity index (χ4v) is 3.96. The van der Waals surface area contributed by atoms with Gasteiger partial charge in [0.15, 0.2) is 11.5 Å². The Hall–Kier alpha value is -4.34. The smallest absolute Gasteiger partial charge is 0.272 e. The van der Waals surface area contributed by atoms with E-state index in [1.807, 2.05) is 41.2 Å². The lowest BCUT2D eigenvalue weighted by Gasteiger charge is -2.38. The van der Waals surface area contributed by atoms with Crippen molar-refractivity contribution in [2.24, 2.45) is 0 Å². The molecule has 1 saturated heterocycles. The van der Waals surface area contributed by atoms with E-state index in [4.69, 9.17) is 14.2 Å². The number of H-pyrrole nitrogens is 1. The molecular weight excluding hydrogens is 436 g/mol. The van der Waals surface area contributed by atoms with Crippen LogP contribution in [-0.2, 0) is 0 Å². The first-order valence-electron chi connectivity index (χ1n) is 10.7. The van der Waals surface area contributed by atoms with Crippen LogP contribution >= 0.6 is 0 Å². The summed E-state index contributed by atoms with van der Waals surface area (Å²) in [5, 5.41) is 15.7. The lowest BCUT2D eigenvalue weighted by Crippen LogP contribution is -2.51. The van der Waals surface area contributed by atoms with Gasteiger partial charge in [-0.15, -0.1) is 5.10 Å². The van der Waals surface area contributed by atoms with Crippen molar-refractivity contribution in [3.63, 3.8) is 0 Å². The summed E-state index contributed by atoms with van der Waals surface area (Å²) in [5.41, 5.74) is 3.57. The highest BCUT2D eigenvalue weighted by Crippen LogP contribution is 2.41. The summed E-state index contributed by atoms with van der Waals surface area (Å²) < 4.78 is 18.0. The van der Waals surface area contributed by atoms with Crippen molar-refractivity contribution in [2.75, 3.05) is 34.4 Å². The van der Waals surface area contributed by atoms with Gasteiger partial charge in [-0.2, -0.15) is 5.10 Å². The molecule has 10 nitrogen and oxygen atoms in total. The van der Waals surface area contributed by atoms with Crippen molar-refractivity contribution in [3.05, 3.63) is 60.4 Å². The zero-order valence-electron chi connectivity index (χ0n) is 19.1. The van der Waals surface area contributed by atoms with Crippen LogP contribution in [0.3, 0.4) is 0 Å². The van der Waals surface area contributed by atoms with Crippen LogP contribution in [0.25, 0.3) is 22.5 Å². The van der Waals surface area contributed by atoms with Crippen LogP contribution in [0.15, 0.2) is 54.7 Å². The number of amides is 1. The minimum atomic E-state index is -0.120. The van der Waals surface area contributed by atoms with E-state index in [0.717, 1.165) is 16.8 Å². The average molecular weight is 460 g/mol. The number of nitrogens with one attached hydrogen (secondary N) is 1. The lowest BCUT2D eigenvalue weighted by atomic mass is 10.1. The monoisotopic (exact) mass is 460 g/mol. The fraction of sp³-hybridized carbons (Fsp3) is 0.250. The number of carbonyl (C=O) groups excluding carboxylic acids is 1. The molecule has 34 heavy (non-hydrogen) atoms. The average Bonchev–Trinajstić information content (AvgIpc) is 3.53. The highest BCUT2D eigenvalue weighted by atomic mass is 16.5. The molecule has 1 fully saturated rings. The number of hydrogen-bond donors (Lipinski definition) is 1. The van der Waals surface area contributed by atoms with Crippen molar-refractivity contribution < 1.29 is 19.0 Å². The maximum atomic E-state index is 13.0. The predicted molar refractivity (Wildman–Crippen MR) is 124 cm³/mol. The number of methoxy groups -OCH3 is 3. The van der Waals surface area contributed by atoms with E-state index in [2.05, 4.69) is 20.5 Å². The molecule has 0 saturated carbocycles. The fourth-order valence-electron chi connectivity index (χ4n) is 3.96. The van der Waals surface area contributed by atoms with Gasteiger partial charge in [0.25, 0.3) is 5.91 Å². The summed E-state index contributed by atoms with van der Waals surface area (Å²) >= 11 is 0. The molecule has 2 aromatic carbocycles. The van der Waals surface area contributed by atoms with E-state index in [0.29, 0.717) is 41.7 Å². The molecule has 0 spiro atoms. The second kappa shape index (κ2) is 8.89. The van der Waals surface area contributed by atoms with Gasteiger partial charge in [-0.05, 0) is 18.2 Å². The van der Waals surface area contributed by atoms with Crippen molar-refractivity contribution >= 4 is 5.91 Å². The topological polar surface area (TPSA) is 107 Å². The number of hydrogen-bond acceptors (Lipinski definition) is 7. The third kappa shape index (κ3) is 3.83. The summed E-state index contributed by atoms with van der Waals surface area (Å²) in [4.78, 5) is 14.7. The highest BCUT2D eigenvalue weighted by Gasteiger charge is 2.34. The van der Waals surface area contributed by atoms with Crippen LogP contribution in [0.2, 0.25) is 0 Å². The Morgan fingerprint density at radius 1 is 0.941 bits per heavy atom. The highest BCUT2D eigenvalue weighted by molar-refractivity contribution is 5.94. The van der Waals surface area contributed by atoms with Crippen molar-refractivity contribution in [3.8, 4) is 39.8 Å². The first kappa shape index (κ1) is 21.5. The van der Waals surface area contributed by atoms with Crippen LogP contribution in [0.4, 0.5) is 0 Å². The molecular formula is C24H24N6O4. The number of likely N-dealkylation sites (tertiary alicyclic amines) is 1. The van der Waals surface area contributed by atoms with E-state index in [1.165, 1.54) is 0 Å². The van der Waals surface area contributed by atoms with Gasteiger partial charge >= 0.3 is 0 Å². The van der Waals surface area contributed by atoms with E-state index in [1.54, 1.807) is 44.4 Å². The molecule has 1 aliphatic heterocycles. The van der Waals surface area contributed by atoms with Crippen LogP contribution in [-0.4, -0.2) is 70.4 Å². The number of ether oxygens (including phenoxy) is 3. The Morgan fingerprint density at radius 3 is 2.29 bits per heavy atom. The van der Waals surface area contributed by atoms with Crippen LogP contribution in [0.5, 0.6) is 17.2 Å². The minimum absolute atomic E-state index is 0.0893. The molecule has 2 aromatic heterocycles. The molecule has 0 radical (unpaired) electrons. The first-order chi connectivity index (χ1) is 16.6. The standard InChI is InChI=1S/C24H24N6O4/c1-32-21-9-16(10-22(33-2)23(21)34-3)18-11-19(26-25-18)24(31)29-12-17(13-29)30-14-20(27-28-30)15-7-5-4-6-8-15/h4-11,14,17H,12-13H2,1-3H3,(H,25,26). The maximum Gasteiger partial charge on any atom is 0.272 e. The van der Waals surface area contributed by atoms with Gasteiger partial charge in [0, 0.05) is 24.2 Å². The summed E-state index contributed by atoms with van der Waals surface area (Å²) in [7, 11) is 4.66. The molecule has 0 atom stereocenters. The van der Waals surface area contributed by atoms with Gasteiger partial charge in [-0.3, -0.25) is 9.89 Å². The van der Waals surface area contributed by atoms with E-state index >= 15 is 0 Å². The molecule has 1 aliphatic rings. The van der Waals surface area contributed by atoms with Crippen LogP contribution in [0, 0.1) is 0 Å². The van der Waals surface area contributed by atoms with Gasteiger partial charge < -0.3 is 19.1 Å². The number of aromatic nitrogens is 5. The van der Waals surface area contributed by atoms with Gasteiger partial charge in [0.1, 0.15) is 11.4 Å². The number of nitrogens with zero attached hydrogens (tertiary/aromatic N) is 5. The Balaban J connectivity index is 1.27. The molecule has 0 aliphatic carbocycles. The number of carbonyl (C=O) groups is 1. The third-order valence-corrected chi connectivity index (χ3v) is 5.87. The molecule has 174 valence electrons. The van der Waals surface area contributed by atoms with Crippen LogP contribution in [0.1, 0.15) is 16.5 Å². The van der Waals surface area contributed by atoms with Gasteiger partial charge in [0.2, 0.25) is 5.75 Å². The molecule has 5 rings (SSSR count). The van der Waals surface area contributed by atoms with Crippen molar-refractivity contribution in [2.45, 2.75) is 6.04 Å². The third-order valence-electron chi connectivity index (χ3n) is 5.87. The normalized spacial score (nSPS) is 13.4. The second-order valence-electron chi connectivity index (χ2n) is 7.89. The van der Waals surface area contributed by atoms with Gasteiger partial charge in [-0.25, -0.2) is 4.68 Å². The second-order valence-corrected chi connectivity index (χ2v) is 7.89. The number of aromatic amines is 1. The summed E-state index contributed by atoms with van der Waals surface area (Å²) in [6, 6.07) is 15.3. The molecule has 3 heterocycles. The Morgan fingerprint density at radius 2 is 1.65 bits per heavy atom. The minimum Gasteiger partial charge on any atom is -0.493 e. The molecule has 4 aromatic rings. The van der Waals surface area contributed by atoms with Crippen molar-refractivity contribution in [1.29, 1.82) is 0 Å². The molecule has 0 unspecified atom stereocenters. The van der Waals surface area contributed by atoms with E-state index in [-0.39, 0.29) is 11.9 Å². The SMILES string of the molecule is COc1cc(-c2cc(C(=O)N3CC(n4cc(-c5ccccc5)nn4)C3)[nH]n2)cc(OC)c1OC. The zero-order chi connectivity index (χ0) is 23.7. The quantitative estimate of drug-likeness (QED) is 0.452. The Labute approximate surface area is 196 Å². The summed E-state index contributed by atoms with van der Waals surface area (Å²) in [5.74, 6) is 1.41. The maximum absolute atomic E-state index is 13.0. The van der Waals surface area contributed by atoms with E-state index < -0.39 is 0 Å². The molecule has 1 amide bonds. The summed E-state index contributed by atoms with van der Waals surface area (Å²) in [6.07, 6.45) is 1.92.